The normalized spacial score (nSPS) is 14.2. The highest BCUT2D eigenvalue weighted by Gasteiger charge is 2.25. The summed E-state index contributed by atoms with van der Waals surface area (Å²) in [6.45, 7) is 2.27. The van der Waals surface area contributed by atoms with Crippen molar-refractivity contribution in [1.29, 1.82) is 0 Å². The molecule has 0 aliphatic carbocycles. The first-order chi connectivity index (χ1) is 8.49. The zero-order chi connectivity index (χ0) is 13.6. The van der Waals surface area contributed by atoms with Gasteiger partial charge in [0.2, 0.25) is 5.91 Å². The number of methoxy groups -OCH3 is 1. The second-order valence-corrected chi connectivity index (χ2v) is 6.95. The van der Waals surface area contributed by atoms with Crippen molar-refractivity contribution >= 4 is 33.2 Å². The molecule has 1 amide bonds. The van der Waals surface area contributed by atoms with Crippen LogP contribution in [-0.4, -0.2) is 36.9 Å². The first kappa shape index (κ1) is 15.6. The van der Waals surface area contributed by atoms with Crippen LogP contribution in [0.4, 0.5) is 0 Å². The fraction of sp³-hybridized carbons (Fsp3) is 0.583. The van der Waals surface area contributed by atoms with Crippen LogP contribution in [0.15, 0.2) is 15.9 Å². The number of rotatable bonds is 7. The van der Waals surface area contributed by atoms with E-state index in [4.69, 9.17) is 9.84 Å². The molecule has 0 aromatic carbocycles. The van der Waals surface area contributed by atoms with E-state index in [1.54, 1.807) is 18.4 Å². The summed E-state index contributed by atoms with van der Waals surface area (Å²) in [6, 6.07) is 3.85. The minimum atomic E-state index is -0.519. The van der Waals surface area contributed by atoms with Gasteiger partial charge in [0.25, 0.3) is 0 Å². The number of nitrogens with one attached hydrogen (secondary N) is 1. The lowest BCUT2D eigenvalue weighted by Gasteiger charge is -2.29. The van der Waals surface area contributed by atoms with E-state index in [2.05, 4.69) is 21.2 Å². The Morgan fingerprint density at radius 3 is 2.83 bits per heavy atom. The Kier molecular flexibility index (Phi) is 6.28. The van der Waals surface area contributed by atoms with Gasteiger partial charge in [-0.15, -0.1) is 11.3 Å². The van der Waals surface area contributed by atoms with Gasteiger partial charge in [-0.2, -0.15) is 0 Å². The molecule has 1 heterocycles. The van der Waals surface area contributed by atoms with Crippen molar-refractivity contribution in [2.75, 3.05) is 20.3 Å². The molecule has 1 aromatic rings. The average Bonchev–Trinajstić information content (AvgIpc) is 2.63. The van der Waals surface area contributed by atoms with Crippen molar-refractivity contribution in [3.8, 4) is 0 Å². The number of hydrogen-bond acceptors (Lipinski definition) is 4. The number of carbonyl (C=O) groups is 1. The SMILES string of the molecule is COCC(C)(CCO)NC(=O)Cc1ccc(Br)s1. The molecule has 4 nitrogen and oxygen atoms in total. The monoisotopic (exact) mass is 335 g/mol. The largest absolute Gasteiger partial charge is 0.396 e. The Morgan fingerprint density at radius 2 is 2.33 bits per heavy atom. The molecule has 0 radical (unpaired) electrons. The van der Waals surface area contributed by atoms with E-state index in [9.17, 15) is 4.79 Å². The average molecular weight is 336 g/mol. The van der Waals surface area contributed by atoms with Crippen LogP contribution in [0.3, 0.4) is 0 Å². The molecule has 0 saturated heterocycles. The van der Waals surface area contributed by atoms with Crippen molar-refractivity contribution in [3.63, 3.8) is 0 Å². The second kappa shape index (κ2) is 7.23. The van der Waals surface area contributed by atoms with Crippen molar-refractivity contribution in [2.24, 2.45) is 0 Å². The predicted molar refractivity (Wildman–Crippen MR) is 75.8 cm³/mol. The molecule has 6 heteroatoms. The summed E-state index contributed by atoms with van der Waals surface area (Å²) in [5.74, 6) is -0.0580. The summed E-state index contributed by atoms with van der Waals surface area (Å²) in [6.07, 6.45) is 0.821. The van der Waals surface area contributed by atoms with Gasteiger partial charge < -0.3 is 15.2 Å². The Bertz CT molecular complexity index is 388. The van der Waals surface area contributed by atoms with Gasteiger partial charge in [0.05, 0.1) is 22.4 Å². The van der Waals surface area contributed by atoms with Gasteiger partial charge in [0.15, 0.2) is 0 Å². The minimum Gasteiger partial charge on any atom is -0.396 e. The molecule has 2 N–H and O–H groups in total. The molecule has 1 unspecified atom stereocenters. The van der Waals surface area contributed by atoms with Gasteiger partial charge in [-0.05, 0) is 41.4 Å². The Labute approximate surface area is 119 Å². The van der Waals surface area contributed by atoms with Crippen molar-refractivity contribution < 1.29 is 14.6 Å². The van der Waals surface area contributed by atoms with Crippen molar-refractivity contribution in [3.05, 3.63) is 20.8 Å². The highest BCUT2D eigenvalue weighted by atomic mass is 79.9. The number of aliphatic hydroxyl groups excluding tert-OH is 1. The molecule has 1 rings (SSSR count). The molecule has 18 heavy (non-hydrogen) atoms. The molecule has 0 aliphatic rings. The van der Waals surface area contributed by atoms with E-state index in [1.165, 1.54) is 0 Å². The summed E-state index contributed by atoms with van der Waals surface area (Å²) in [7, 11) is 1.58. The fourth-order valence-electron chi connectivity index (χ4n) is 1.72. The van der Waals surface area contributed by atoms with E-state index in [0.717, 1.165) is 8.66 Å². The van der Waals surface area contributed by atoms with Crippen LogP contribution in [0.2, 0.25) is 0 Å². The van der Waals surface area contributed by atoms with E-state index in [0.29, 0.717) is 19.4 Å². The Balaban J connectivity index is 2.55. The quantitative estimate of drug-likeness (QED) is 0.800. The lowest BCUT2D eigenvalue weighted by molar-refractivity contribution is -0.123. The van der Waals surface area contributed by atoms with Crippen molar-refractivity contribution in [1.82, 2.24) is 5.32 Å². The highest BCUT2D eigenvalue weighted by molar-refractivity contribution is 9.11. The zero-order valence-corrected chi connectivity index (χ0v) is 12.9. The molecule has 0 aliphatic heterocycles. The van der Waals surface area contributed by atoms with E-state index >= 15 is 0 Å². The van der Waals surface area contributed by atoms with Crippen LogP contribution in [-0.2, 0) is 16.0 Å². The van der Waals surface area contributed by atoms with Crippen LogP contribution >= 0.6 is 27.3 Å². The number of hydrogen-bond donors (Lipinski definition) is 2. The summed E-state index contributed by atoms with van der Waals surface area (Å²) in [5.41, 5.74) is -0.519. The number of ether oxygens (including phenoxy) is 1. The van der Waals surface area contributed by atoms with Crippen molar-refractivity contribution in [2.45, 2.75) is 25.3 Å². The van der Waals surface area contributed by atoms with Crippen LogP contribution < -0.4 is 5.32 Å². The van der Waals surface area contributed by atoms with E-state index in [-0.39, 0.29) is 12.5 Å². The first-order valence-corrected chi connectivity index (χ1v) is 7.25. The maximum absolute atomic E-state index is 11.9. The number of amides is 1. The zero-order valence-electron chi connectivity index (χ0n) is 10.5. The molecule has 0 saturated carbocycles. The molecular weight excluding hydrogens is 318 g/mol. The standard InChI is InChI=1S/C12H18BrNO3S/c1-12(5-6-15,8-17-2)14-11(16)7-9-3-4-10(13)18-9/h3-4,15H,5-8H2,1-2H3,(H,14,16). The molecular formula is C12H18BrNO3S. The lowest BCUT2D eigenvalue weighted by Crippen LogP contribution is -2.50. The smallest absolute Gasteiger partial charge is 0.225 e. The van der Waals surface area contributed by atoms with Gasteiger partial charge >= 0.3 is 0 Å². The molecule has 102 valence electrons. The first-order valence-electron chi connectivity index (χ1n) is 5.64. The fourth-order valence-corrected chi connectivity index (χ4v) is 3.20. The summed E-state index contributed by atoms with van der Waals surface area (Å²) < 4.78 is 6.10. The third-order valence-corrected chi connectivity index (χ3v) is 4.15. The lowest BCUT2D eigenvalue weighted by atomic mass is 9.99. The number of aliphatic hydroxyl groups is 1. The van der Waals surface area contributed by atoms with Gasteiger partial charge in [0, 0.05) is 18.6 Å². The van der Waals surface area contributed by atoms with Gasteiger partial charge in [0.1, 0.15) is 0 Å². The van der Waals surface area contributed by atoms with Gasteiger partial charge in [-0.1, -0.05) is 0 Å². The second-order valence-electron chi connectivity index (χ2n) is 4.40. The Morgan fingerprint density at radius 1 is 1.61 bits per heavy atom. The van der Waals surface area contributed by atoms with E-state index < -0.39 is 5.54 Å². The maximum Gasteiger partial charge on any atom is 0.225 e. The minimum absolute atomic E-state index is 0.0185. The van der Waals surface area contributed by atoms with Crippen LogP contribution in [0.25, 0.3) is 0 Å². The molecule has 0 spiro atoms. The molecule has 0 bridgehead atoms. The van der Waals surface area contributed by atoms with Crippen LogP contribution in [0, 0.1) is 0 Å². The highest BCUT2D eigenvalue weighted by Crippen LogP contribution is 2.22. The third-order valence-electron chi connectivity index (χ3n) is 2.53. The summed E-state index contributed by atoms with van der Waals surface area (Å²) >= 11 is 4.91. The van der Waals surface area contributed by atoms with E-state index in [1.807, 2.05) is 19.1 Å². The molecule has 1 atom stereocenters. The van der Waals surface area contributed by atoms with Crippen LogP contribution in [0.5, 0.6) is 0 Å². The van der Waals surface area contributed by atoms with Gasteiger partial charge in [-0.25, -0.2) is 0 Å². The predicted octanol–water partition coefficient (Wildman–Crippen LogP) is 1.96. The topological polar surface area (TPSA) is 58.6 Å². The summed E-state index contributed by atoms with van der Waals surface area (Å²) in [5, 5.41) is 11.9. The summed E-state index contributed by atoms with van der Waals surface area (Å²) in [4.78, 5) is 12.9. The van der Waals surface area contributed by atoms with Crippen LogP contribution in [0.1, 0.15) is 18.2 Å². The molecule has 1 aromatic heterocycles. The number of carbonyl (C=O) groups excluding carboxylic acids is 1. The van der Waals surface area contributed by atoms with Gasteiger partial charge in [-0.3, -0.25) is 4.79 Å². The maximum atomic E-state index is 11.9. The Hall–Kier alpha value is -0.430. The number of halogens is 1. The molecule has 0 fully saturated rings. The number of thiophene rings is 1. The third kappa shape index (κ3) is 5.06.